The van der Waals surface area contributed by atoms with Crippen molar-refractivity contribution in [1.29, 1.82) is 0 Å². The van der Waals surface area contributed by atoms with Gasteiger partial charge in [-0.1, -0.05) is 20.3 Å². The van der Waals surface area contributed by atoms with Crippen LogP contribution in [-0.4, -0.2) is 75.1 Å². The molecule has 5 atom stereocenters. The van der Waals surface area contributed by atoms with Crippen molar-refractivity contribution >= 4 is 35.6 Å². The Bertz CT molecular complexity index is 696. The number of rotatable bonds is 14. The van der Waals surface area contributed by atoms with Gasteiger partial charge in [0.1, 0.15) is 18.1 Å². The van der Waals surface area contributed by atoms with Crippen molar-refractivity contribution in [3.63, 3.8) is 0 Å². The number of amides is 3. The molecule has 0 rings (SSSR count). The number of carboxylic acid groups (broad SMARTS) is 3. The van der Waals surface area contributed by atoms with E-state index in [0.717, 1.165) is 0 Å². The molecule has 0 aliphatic carbocycles. The third-order valence-electron chi connectivity index (χ3n) is 4.48. The van der Waals surface area contributed by atoms with E-state index >= 15 is 0 Å². The lowest BCUT2D eigenvalue weighted by molar-refractivity contribution is -0.144. The molecule has 0 aromatic carbocycles. The predicted octanol–water partition coefficient (Wildman–Crippen LogP) is -1.74. The van der Waals surface area contributed by atoms with Gasteiger partial charge < -0.3 is 37.0 Å². The lowest BCUT2D eigenvalue weighted by Crippen LogP contribution is -2.58. The summed E-state index contributed by atoms with van der Waals surface area (Å²) >= 11 is 0. The highest BCUT2D eigenvalue weighted by Gasteiger charge is 2.32. The first kappa shape index (κ1) is 27.8. The Morgan fingerprint density at radius 1 is 0.806 bits per heavy atom. The van der Waals surface area contributed by atoms with E-state index < -0.39 is 78.6 Å². The SMILES string of the molecule is CCC(C)C(NC(=O)C(CC(=O)O)NC(=O)C(CCC(=O)O)NC(=O)C(C)N)C(=O)O. The first-order valence-corrected chi connectivity index (χ1v) is 9.63. The average molecular weight is 446 g/mol. The molecule has 31 heavy (non-hydrogen) atoms. The fourth-order valence-corrected chi connectivity index (χ4v) is 2.43. The van der Waals surface area contributed by atoms with Crippen molar-refractivity contribution in [1.82, 2.24) is 16.0 Å². The number of hydrogen-bond acceptors (Lipinski definition) is 7. The monoisotopic (exact) mass is 446 g/mol. The Kier molecular flexibility index (Phi) is 11.8. The number of hydrogen-bond donors (Lipinski definition) is 7. The topological polar surface area (TPSA) is 225 Å². The van der Waals surface area contributed by atoms with E-state index in [-0.39, 0.29) is 6.42 Å². The Morgan fingerprint density at radius 3 is 1.74 bits per heavy atom. The minimum Gasteiger partial charge on any atom is -0.481 e. The van der Waals surface area contributed by atoms with Crippen molar-refractivity contribution in [2.75, 3.05) is 0 Å². The smallest absolute Gasteiger partial charge is 0.326 e. The second-order valence-electron chi connectivity index (χ2n) is 7.15. The van der Waals surface area contributed by atoms with Crippen LogP contribution < -0.4 is 21.7 Å². The van der Waals surface area contributed by atoms with Gasteiger partial charge in [-0.2, -0.15) is 0 Å². The Morgan fingerprint density at radius 2 is 1.32 bits per heavy atom. The summed E-state index contributed by atoms with van der Waals surface area (Å²) in [6.45, 7) is 4.62. The lowest BCUT2D eigenvalue weighted by atomic mass is 9.98. The first-order chi connectivity index (χ1) is 14.3. The van der Waals surface area contributed by atoms with Crippen LogP contribution in [0.5, 0.6) is 0 Å². The van der Waals surface area contributed by atoms with Gasteiger partial charge in [0, 0.05) is 6.42 Å². The minimum absolute atomic E-state index is 0.342. The number of aliphatic carboxylic acids is 3. The molecule has 0 radical (unpaired) electrons. The third kappa shape index (κ3) is 10.4. The van der Waals surface area contributed by atoms with E-state index in [1.165, 1.54) is 6.92 Å². The summed E-state index contributed by atoms with van der Waals surface area (Å²) in [4.78, 5) is 70.3. The molecular weight excluding hydrogens is 416 g/mol. The Hall–Kier alpha value is -3.22. The van der Waals surface area contributed by atoms with E-state index in [1.807, 2.05) is 0 Å². The van der Waals surface area contributed by atoms with Gasteiger partial charge in [-0.15, -0.1) is 0 Å². The number of nitrogens with two attached hydrogens (primary N) is 1. The standard InChI is InChI=1S/C18H30N4O9/c1-4-8(2)14(18(30)31)22-17(29)11(7-13(25)26)21-16(28)10(5-6-12(23)24)20-15(27)9(3)19/h8-11,14H,4-7,19H2,1-3H3,(H,20,27)(H,21,28)(H,22,29)(H,23,24)(H,25,26)(H,30,31). The summed E-state index contributed by atoms with van der Waals surface area (Å²) in [5.41, 5.74) is 5.42. The molecule has 0 aromatic heterocycles. The van der Waals surface area contributed by atoms with Crippen LogP contribution in [0.2, 0.25) is 0 Å². The summed E-state index contributed by atoms with van der Waals surface area (Å²) in [6.07, 6.45) is -1.29. The van der Waals surface area contributed by atoms with Crippen LogP contribution in [0.4, 0.5) is 0 Å². The van der Waals surface area contributed by atoms with E-state index in [2.05, 4.69) is 16.0 Å². The van der Waals surface area contributed by atoms with Gasteiger partial charge in [-0.25, -0.2) is 4.79 Å². The first-order valence-electron chi connectivity index (χ1n) is 9.63. The number of nitrogens with one attached hydrogen (secondary N) is 3. The van der Waals surface area contributed by atoms with E-state index in [0.29, 0.717) is 6.42 Å². The molecule has 13 heteroatoms. The van der Waals surface area contributed by atoms with Crippen LogP contribution in [0.1, 0.15) is 46.5 Å². The zero-order valence-electron chi connectivity index (χ0n) is 17.6. The van der Waals surface area contributed by atoms with Crippen molar-refractivity contribution < 1.29 is 44.1 Å². The predicted molar refractivity (Wildman–Crippen MR) is 106 cm³/mol. The van der Waals surface area contributed by atoms with Gasteiger partial charge in [0.15, 0.2) is 0 Å². The van der Waals surface area contributed by atoms with Crippen LogP contribution in [0.15, 0.2) is 0 Å². The molecule has 0 spiro atoms. The lowest BCUT2D eigenvalue weighted by Gasteiger charge is -2.25. The molecule has 3 amide bonds. The number of carbonyl (C=O) groups excluding carboxylic acids is 3. The summed E-state index contributed by atoms with van der Waals surface area (Å²) < 4.78 is 0. The highest BCUT2D eigenvalue weighted by molar-refractivity contribution is 5.95. The minimum atomic E-state index is -1.66. The molecule has 0 fully saturated rings. The molecule has 176 valence electrons. The van der Waals surface area contributed by atoms with Crippen LogP contribution in [0, 0.1) is 5.92 Å². The largest absolute Gasteiger partial charge is 0.481 e. The maximum Gasteiger partial charge on any atom is 0.326 e. The van der Waals surface area contributed by atoms with Crippen LogP contribution in [-0.2, 0) is 28.8 Å². The van der Waals surface area contributed by atoms with Crippen molar-refractivity contribution in [3.8, 4) is 0 Å². The Labute approximate surface area is 178 Å². The van der Waals surface area contributed by atoms with E-state index in [4.69, 9.17) is 15.9 Å². The molecule has 13 nitrogen and oxygen atoms in total. The highest BCUT2D eigenvalue weighted by atomic mass is 16.4. The fourth-order valence-electron chi connectivity index (χ4n) is 2.43. The van der Waals surface area contributed by atoms with E-state index in [1.54, 1.807) is 13.8 Å². The molecule has 8 N–H and O–H groups in total. The quantitative estimate of drug-likeness (QED) is 0.159. The average Bonchev–Trinajstić information content (AvgIpc) is 2.66. The second-order valence-corrected chi connectivity index (χ2v) is 7.15. The van der Waals surface area contributed by atoms with Crippen LogP contribution in [0.3, 0.4) is 0 Å². The van der Waals surface area contributed by atoms with Crippen molar-refractivity contribution in [2.45, 2.75) is 70.6 Å². The highest BCUT2D eigenvalue weighted by Crippen LogP contribution is 2.09. The van der Waals surface area contributed by atoms with Crippen molar-refractivity contribution in [3.05, 3.63) is 0 Å². The zero-order valence-corrected chi connectivity index (χ0v) is 17.6. The molecule has 0 heterocycles. The number of carboxylic acids is 3. The normalized spacial score (nSPS) is 15.5. The molecular formula is C18H30N4O9. The third-order valence-corrected chi connectivity index (χ3v) is 4.48. The van der Waals surface area contributed by atoms with Gasteiger partial charge in [-0.05, 0) is 19.3 Å². The van der Waals surface area contributed by atoms with E-state index in [9.17, 15) is 33.9 Å². The summed E-state index contributed by atoms with van der Waals surface area (Å²) in [7, 11) is 0. The van der Waals surface area contributed by atoms with Gasteiger partial charge in [0.25, 0.3) is 0 Å². The number of carbonyl (C=O) groups is 6. The maximum absolute atomic E-state index is 12.6. The van der Waals surface area contributed by atoms with Gasteiger partial charge in [-0.3, -0.25) is 24.0 Å². The van der Waals surface area contributed by atoms with Gasteiger partial charge in [0.05, 0.1) is 12.5 Å². The van der Waals surface area contributed by atoms with Gasteiger partial charge in [0.2, 0.25) is 17.7 Å². The molecule has 0 bridgehead atoms. The van der Waals surface area contributed by atoms with Gasteiger partial charge >= 0.3 is 17.9 Å². The second kappa shape index (κ2) is 13.2. The van der Waals surface area contributed by atoms with Crippen LogP contribution >= 0.6 is 0 Å². The molecule has 0 saturated heterocycles. The summed E-state index contributed by atoms with van der Waals surface area (Å²) in [6, 6.07) is -5.38. The molecule has 0 saturated carbocycles. The zero-order chi connectivity index (χ0) is 24.3. The van der Waals surface area contributed by atoms with Crippen LogP contribution in [0.25, 0.3) is 0 Å². The van der Waals surface area contributed by atoms with Crippen molar-refractivity contribution in [2.24, 2.45) is 11.7 Å². The Balaban J connectivity index is 5.54. The fraction of sp³-hybridized carbons (Fsp3) is 0.667. The molecule has 5 unspecified atom stereocenters. The molecule has 0 aliphatic rings. The maximum atomic E-state index is 12.6. The molecule has 0 aliphatic heterocycles. The summed E-state index contributed by atoms with van der Waals surface area (Å²) in [5, 5.41) is 33.8. The summed E-state index contributed by atoms with van der Waals surface area (Å²) in [5.74, 6) is -7.30. The molecule has 0 aromatic rings.